The number of hydrogen-bond donors (Lipinski definition) is 2. The number of aliphatic hydroxyl groups excluding tert-OH is 2. The first kappa shape index (κ1) is 33.8. The maximum Gasteiger partial charge on any atom is 0.668 e. The summed E-state index contributed by atoms with van der Waals surface area (Å²) in [7, 11) is -3.91. The van der Waals surface area contributed by atoms with Gasteiger partial charge in [0.2, 0.25) is 0 Å². The van der Waals surface area contributed by atoms with Crippen molar-refractivity contribution in [2.24, 2.45) is 0 Å². The molecule has 0 aliphatic heterocycles. The molecule has 0 saturated heterocycles. The molecule has 0 bridgehead atoms. The van der Waals surface area contributed by atoms with E-state index in [-0.39, 0.29) is 51.3 Å². The van der Waals surface area contributed by atoms with Crippen molar-refractivity contribution >= 4 is 8.17 Å². The largest absolute Gasteiger partial charge is 0.668 e. The minimum Gasteiger partial charge on any atom is -0.394 e. The van der Waals surface area contributed by atoms with E-state index < -0.39 is 14.3 Å². The maximum atomic E-state index is 13.4. The van der Waals surface area contributed by atoms with Gasteiger partial charge in [0.25, 0.3) is 0 Å². The molecule has 0 rings (SSSR count). The minimum absolute atomic E-state index is 0.0379. The van der Waals surface area contributed by atoms with Crippen LogP contribution in [-0.4, -0.2) is 87.2 Å². The number of ether oxygens (including phenoxy) is 3. The summed E-state index contributed by atoms with van der Waals surface area (Å²) in [5, 5.41) is 18.1. The average molecular weight is 515 g/mol. The van der Waals surface area contributed by atoms with Gasteiger partial charge in [0, 0.05) is 4.62 Å². The third-order valence-corrected chi connectivity index (χ3v) is 6.95. The Morgan fingerprint density at radius 1 is 0.882 bits per heavy atom. The van der Waals surface area contributed by atoms with Gasteiger partial charge in [-0.15, -0.1) is 20.3 Å². The number of quaternary nitrogens is 1. The van der Waals surface area contributed by atoms with E-state index in [2.05, 4.69) is 6.58 Å². The standard InChI is InChI=1S/C23H49NO9P/c1-5-9-10-11-12-13-14-15-17-31-34(27,33-24(6-2,7-3)8-4)32-22-30-23(19-26)20-29-21-28-18-16-25/h5,23,25-26H,1,6-22H2,2-4H3/q+2. The zero-order chi connectivity index (χ0) is 25.5. The first-order valence-electron chi connectivity index (χ1n) is 12.5. The van der Waals surface area contributed by atoms with Crippen LogP contribution in [0.5, 0.6) is 0 Å². The first-order chi connectivity index (χ1) is 16.4. The molecule has 0 spiro atoms. The normalized spacial score (nSPS) is 14.8. The second kappa shape index (κ2) is 22.0. The lowest BCUT2D eigenvalue weighted by molar-refractivity contribution is -1.08. The zero-order valence-corrected chi connectivity index (χ0v) is 22.4. The molecule has 11 heteroatoms. The van der Waals surface area contributed by atoms with E-state index in [4.69, 9.17) is 33.0 Å². The SMILES string of the molecule is C=CCCCCCCCCO[P+]([O])(OCOC(CO)COCOCCO)O[N+](CC)(CC)CC. The van der Waals surface area contributed by atoms with Gasteiger partial charge < -0.3 is 24.4 Å². The lowest BCUT2D eigenvalue weighted by Gasteiger charge is -2.30. The number of allylic oxidation sites excluding steroid dienone is 1. The molecule has 0 aromatic rings. The van der Waals surface area contributed by atoms with E-state index >= 15 is 0 Å². The van der Waals surface area contributed by atoms with Gasteiger partial charge in [-0.3, -0.25) is 0 Å². The minimum atomic E-state index is -3.91. The number of rotatable bonds is 26. The van der Waals surface area contributed by atoms with E-state index in [1.54, 1.807) is 0 Å². The third kappa shape index (κ3) is 16.4. The number of aliphatic hydroxyl groups is 2. The van der Waals surface area contributed by atoms with E-state index in [1.807, 2.05) is 26.8 Å². The van der Waals surface area contributed by atoms with Crippen molar-refractivity contribution in [1.82, 2.24) is 0 Å². The van der Waals surface area contributed by atoms with Crippen molar-refractivity contribution < 1.29 is 47.6 Å². The third-order valence-electron chi connectivity index (χ3n) is 5.48. The number of nitrogens with zero attached hydrogens (tertiary/aromatic N) is 1. The second-order valence-electron chi connectivity index (χ2n) is 7.91. The van der Waals surface area contributed by atoms with Crippen LogP contribution in [0.1, 0.15) is 65.7 Å². The van der Waals surface area contributed by atoms with Crippen molar-refractivity contribution in [3.8, 4) is 0 Å². The fraction of sp³-hybridized carbons (Fsp3) is 0.913. The number of hydrogen-bond acceptors (Lipinski definition) is 8. The van der Waals surface area contributed by atoms with Gasteiger partial charge >= 0.3 is 8.17 Å². The van der Waals surface area contributed by atoms with E-state index in [1.165, 1.54) is 6.42 Å². The summed E-state index contributed by atoms with van der Waals surface area (Å²) in [6.45, 7) is 11.0. The summed E-state index contributed by atoms with van der Waals surface area (Å²) < 4.78 is 32.8. The Kier molecular flexibility index (Phi) is 21.9. The van der Waals surface area contributed by atoms with E-state index in [0.717, 1.165) is 38.5 Å². The number of hydroxylamine groups is 3. The molecule has 2 unspecified atom stereocenters. The Balaban J connectivity index is 4.63. The van der Waals surface area contributed by atoms with Crippen LogP contribution in [0.25, 0.3) is 0 Å². The summed E-state index contributed by atoms with van der Waals surface area (Å²) in [6.07, 6.45) is 8.62. The summed E-state index contributed by atoms with van der Waals surface area (Å²) in [6, 6.07) is 0. The summed E-state index contributed by atoms with van der Waals surface area (Å²) >= 11 is 0. The van der Waals surface area contributed by atoms with Crippen molar-refractivity contribution in [2.75, 3.05) is 66.3 Å². The Morgan fingerprint density at radius 2 is 1.53 bits per heavy atom. The summed E-state index contributed by atoms with van der Waals surface area (Å²) in [5.41, 5.74) is 0. The first-order valence-corrected chi connectivity index (χ1v) is 14.0. The van der Waals surface area contributed by atoms with E-state index in [9.17, 15) is 10.00 Å². The molecular formula is C23H49NO9P+2. The predicted octanol–water partition coefficient (Wildman–Crippen LogP) is 4.17. The monoisotopic (exact) mass is 514 g/mol. The molecule has 0 aromatic heterocycles. The Labute approximate surface area is 206 Å². The highest BCUT2D eigenvalue weighted by atomic mass is 31.2. The quantitative estimate of drug-likeness (QED) is 0.0441. The van der Waals surface area contributed by atoms with Crippen LogP contribution in [-0.2, 0) is 32.8 Å². The van der Waals surface area contributed by atoms with Crippen LogP contribution >= 0.6 is 8.17 Å². The van der Waals surface area contributed by atoms with Gasteiger partial charge in [-0.05, 0) is 40.0 Å². The zero-order valence-electron chi connectivity index (χ0n) is 21.5. The van der Waals surface area contributed by atoms with Crippen molar-refractivity contribution in [1.29, 1.82) is 0 Å². The molecule has 2 N–H and O–H groups in total. The lowest BCUT2D eigenvalue weighted by Crippen LogP contribution is -2.47. The molecule has 0 heterocycles. The van der Waals surface area contributed by atoms with Crippen LogP contribution < -0.4 is 0 Å². The molecule has 0 aliphatic rings. The highest BCUT2D eigenvalue weighted by Crippen LogP contribution is 2.61. The molecule has 0 saturated carbocycles. The molecule has 1 radical (unpaired) electrons. The second-order valence-corrected chi connectivity index (χ2v) is 9.48. The molecule has 0 aromatic carbocycles. The van der Waals surface area contributed by atoms with Gasteiger partial charge in [0.05, 0.1) is 31.3 Å². The van der Waals surface area contributed by atoms with Gasteiger partial charge in [-0.2, -0.15) is 0 Å². The molecular weight excluding hydrogens is 465 g/mol. The Morgan fingerprint density at radius 3 is 2.12 bits per heavy atom. The van der Waals surface area contributed by atoms with Crippen molar-refractivity contribution in [3.05, 3.63) is 12.7 Å². The van der Waals surface area contributed by atoms with Crippen LogP contribution in [0.4, 0.5) is 0 Å². The molecule has 10 nitrogen and oxygen atoms in total. The van der Waals surface area contributed by atoms with Crippen LogP contribution in [0.3, 0.4) is 0 Å². The molecule has 2 atom stereocenters. The van der Waals surface area contributed by atoms with Crippen molar-refractivity contribution in [2.45, 2.75) is 71.8 Å². The average Bonchev–Trinajstić information content (AvgIpc) is 2.85. The maximum absolute atomic E-state index is 13.4. The molecule has 0 amide bonds. The van der Waals surface area contributed by atoms with Gasteiger partial charge in [-0.1, -0.05) is 31.8 Å². The highest BCUT2D eigenvalue weighted by molar-refractivity contribution is 7.55. The Hall–Kier alpha value is -0.230. The molecule has 0 aliphatic carbocycles. The van der Waals surface area contributed by atoms with Crippen LogP contribution in [0, 0.1) is 0 Å². The molecule has 0 fully saturated rings. The Bertz CT molecular complexity index is 463. The van der Waals surface area contributed by atoms with E-state index in [0.29, 0.717) is 19.6 Å². The predicted molar refractivity (Wildman–Crippen MR) is 131 cm³/mol. The summed E-state index contributed by atoms with van der Waals surface area (Å²) in [5.74, 6) is 0. The van der Waals surface area contributed by atoms with Gasteiger partial charge in [0.15, 0.2) is 6.79 Å². The van der Waals surface area contributed by atoms with Gasteiger partial charge in [-0.25, -0.2) is 0 Å². The lowest BCUT2D eigenvalue weighted by atomic mass is 10.1. The van der Waals surface area contributed by atoms with Crippen LogP contribution in [0.15, 0.2) is 12.7 Å². The molecule has 203 valence electrons. The fourth-order valence-corrected chi connectivity index (χ4v) is 4.60. The van der Waals surface area contributed by atoms with Crippen molar-refractivity contribution in [3.63, 3.8) is 0 Å². The van der Waals surface area contributed by atoms with Gasteiger partial charge in [0.1, 0.15) is 39.1 Å². The number of unbranched alkanes of at least 4 members (excludes halogenated alkanes) is 6. The topological polar surface area (TPSA) is 116 Å². The highest BCUT2D eigenvalue weighted by Gasteiger charge is 2.57. The summed E-state index contributed by atoms with van der Waals surface area (Å²) in [4.78, 5) is 13.4. The molecule has 34 heavy (non-hydrogen) atoms. The smallest absolute Gasteiger partial charge is 0.394 e. The fourth-order valence-electron chi connectivity index (χ4n) is 3.12. The van der Waals surface area contributed by atoms with Crippen LogP contribution in [0.2, 0.25) is 0 Å².